The molecule has 142 valence electrons. The van der Waals surface area contributed by atoms with E-state index >= 15 is 0 Å². The normalized spacial score (nSPS) is 12.1. The summed E-state index contributed by atoms with van der Waals surface area (Å²) in [6.07, 6.45) is 1.84. The van der Waals surface area contributed by atoms with Gasteiger partial charge in [-0.3, -0.25) is 4.79 Å². The molecule has 0 unspecified atom stereocenters. The zero-order chi connectivity index (χ0) is 19.5. The fourth-order valence-electron chi connectivity index (χ4n) is 2.74. The highest BCUT2D eigenvalue weighted by atomic mass is 32.2. The number of aromatic nitrogens is 3. The smallest absolute Gasteiger partial charge is 0.277 e. The number of carbonyl (C=O) groups excluding carboxylic acids is 1. The van der Waals surface area contributed by atoms with Crippen molar-refractivity contribution in [3.05, 3.63) is 54.7 Å². The van der Waals surface area contributed by atoms with Gasteiger partial charge in [0.05, 0.1) is 17.9 Å². The molecule has 0 radical (unpaired) electrons. The molecule has 1 amide bonds. The molecule has 2 heterocycles. The number of methoxy groups -OCH3 is 1. The van der Waals surface area contributed by atoms with Crippen LogP contribution in [0.4, 0.5) is 5.69 Å². The molecule has 1 atom stereocenters. The van der Waals surface area contributed by atoms with Crippen LogP contribution in [0.1, 0.15) is 6.92 Å². The minimum atomic E-state index is -0.404. The number of H-pyrrole nitrogens is 1. The summed E-state index contributed by atoms with van der Waals surface area (Å²) in [5.74, 6) is 1.00. The van der Waals surface area contributed by atoms with Crippen LogP contribution in [0, 0.1) is 0 Å². The Labute approximate surface area is 165 Å². The van der Waals surface area contributed by atoms with Gasteiger partial charge in [-0.2, -0.15) is 0 Å². The lowest BCUT2D eigenvalue weighted by atomic mass is 10.2. The van der Waals surface area contributed by atoms with Gasteiger partial charge in [-0.1, -0.05) is 30.0 Å². The number of carbonyl (C=O) groups is 1. The molecule has 4 rings (SSSR count). The van der Waals surface area contributed by atoms with Crippen LogP contribution < -0.4 is 10.1 Å². The zero-order valence-electron chi connectivity index (χ0n) is 15.3. The quantitative estimate of drug-likeness (QED) is 0.473. The number of para-hydroxylation sites is 1. The van der Waals surface area contributed by atoms with Crippen molar-refractivity contribution in [2.24, 2.45) is 0 Å². The number of nitrogens with one attached hydrogen (secondary N) is 2. The first-order valence-corrected chi connectivity index (χ1v) is 9.53. The number of hydrogen-bond acceptors (Lipinski definition) is 6. The van der Waals surface area contributed by atoms with E-state index in [2.05, 4.69) is 20.5 Å². The maximum absolute atomic E-state index is 12.4. The molecule has 0 saturated carbocycles. The molecular weight excluding hydrogens is 376 g/mol. The van der Waals surface area contributed by atoms with Gasteiger partial charge in [-0.25, -0.2) is 0 Å². The Morgan fingerprint density at radius 3 is 2.75 bits per heavy atom. The van der Waals surface area contributed by atoms with Gasteiger partial charge in [0.1, 0.15) is 5.75 Å². The molecule has 0 spiro atoms. The summed E-state index contributed by atoms with van der Waals surface area (Å²) in [5.41, 5.74) is 2.53. The first-order valence-electron chi connectivity index (χ1n) is 8.65. The first-order chi connectivity index (χ1) is 13.6. The molecule has 2 aromatic heterocycles. The van der Waals surface area contributed by atoms with Crippen molar-refractivity contribution >= 4 is 34.3 Å². The Morgan fingerprint density at radius 1 is 1.18 bits per heavy atom. The topological polar surface area (TPSA) is 93.0 Å². The zero-order valence-corrected chi connectivity index (χ0v) is 16.1. The predicted octanol–water partition coefficient (Wildman–Crippen LogP) is 4.35. The van der Waals surface area contributed by atoms with Gasteiger partial charge in [0.15, 0.2) is 0 Å². The number of anilines is 1. The number of aromatic amines is 1. The number of fused-ring (bicyclic) bond motifs is 1. The van der Waals surface area contributed by atoms with Gasteiger partial charge < -0.3 is 19.5 Å². The third kappa shape index (κ3) is 3.72. The Morgan fingerprint density at radius 2 is 1.96 bits per heavy atom. The SMILES string of the molecule is COc1ccc(NC(=O)[C@@H](C)Sc2nnc(-c3c[nH]c4ccccc34)o2)cc1. The lowest BCUT2D eigenvalue weighted by Gasteiger charge is -2.10. The number of hydrogen-bond donors (Lipinski definition) is 2. The molecule has 4 aromatic rings. The second-order valence-electron chi connectivity index (χ2n) is 6.10. The van der Waals surface area contributed by atoms with E-state index < -0.39 is 5.25 Å². The van der Waals surface area contributed by atoms with E-state index in [1.165, 1.54) is 11.8 Å². The summed E-state index contributed by atoms with van der Waals surface area (Å²) in [7, 11) is 1.60. The lowest BCUT2D eigenvalue weighted by Crippen LogP contribution is -2.22. The van der Waals surface area contributed by atoms with Crippen LogP contribution in [0.5, 0.6) is 5.75 Å². The summed E-state index contributed by atoms with van der Waals surface area (Å²) in [5, 5.41) is 12.0. The number of ether oxygens (including phenoxy) is 1. The first kappa shape index (κ1) is 18.1. The fraction of sp³-hybridized carbons (Fsp3) is 0.150. The van der Waals surface area contributed by atoms with Crippen molar-refractivity contribution in [2.75, 3.05) is 12.4 Å². The van der Waals surface area contributed by atoms with Crippen LogP contribution in [0.2, 0.25) is 0 Å². The van der Waals surface area contributed by atoms with E-state index in [1.54, 1.807) is 38.3 Å². The van der Waals surface area contributed by atoms with E-state index in [0.29, 0.717) is 16.8 Å². The van der Waals surface area contributed by atoms with E-state index in [9.17, 15) is 4.79 Å². The predicted molar refractivity (Wildman–Crippen MR) is 109 cm³/mol. The molecule has 0 saturated heterocycles. The Hall–Kier alpha value is -3.26. The molecular formula is C20H18N4O3S. The number of rotatable bonds is 6. The molecule has 2 N–H and O–H groups in total. The fourth-order valence-corrected chi connectivity index (χ4v) is 3.42. The monoisotopic (exact) mass is 394 g/mol. The standard InChI is InChI=1S/C20H18N4O3S/c1-12(18(25)22-13-7-9-14(26-2)10-8-13)28-20-24-23-19(27-20)16-11-21-17-6-4-3-5-15(16)17/h3-12,21H,1-2H3,(H,22,25)/t12-/m1/s1. The second-order valence-corrected chi connectivity index (χ2v) is 7.39. The highest BCUT2D eigenvalue weighted by Crippen LogP contribution is 2.31. The summed E-state index contributed by atoms with van der Waals surface area (Å²) in [4.78, 5) is 15.6. The molecule has 28 heavy (non-hydrogen) atoms. The van der Waals surface area contributed by atoms with Gasteiger partial charge in [0.2, 0.25) is 5.91 Å². The molecule has 0 bridgehead atoms. The average Bonchev–Trinajstić information content (AvgIpc) is 3.35. The maximum atomic E-state index is 12.4. The minimum Gasteiger partial charge on any atom is -0.497 e. The number of nitrogens with zero attached hydrogens (tertiary/aromatic N) is 2. The summed E-state index contributed by atoms with van der Waals surface area (Å²) in [6, 6.07) is 15.0. The molecule has 0 aliphatic rings. The van der Waals surface area contributed by atoms with E-state index in [-0.39, 0.29) is 5.91 Å². The Balaban J connectivity index is 1.43. The van der Waals surface area contributed by atoms with Crippen molar-refractivity contribution in [1.82, 2.24) is 15.2 Å². The highest BCUT2D eigenvalue weighted by molar-refractivity contribution is 8.00. The summed E-state index contributed by atoms with van der Waals surface area (Å²) in [6.45, 7) is 1.79. The van der Waals surface area contributed by atoms with Crippen molar-refractivity contribution in [3.63, 3.8) is 0 Å². The molecule has 2 aromatic carbocycles. The minimum absolute atomic E-state index is 0.151. The van der Waals surface area contributed by atoms with Crippen molar-refractivity contribution < 1.29 is 13.9 Å². The largest absolute Gasteiger partial charge is 0.497 e. The maximum Gasteiger partial charge on any atom is 0.277 e. The van der Waals surface area contributed by atoms with Crippen LogP contribution in [-0.4, -0.2) is 33.4 Å². The van der Waals surface area contributed by atoms with Crippen LogP contribution >= 0.6 is 11.8 Å². The van der Waals surface area contributed by atoms with Crippen LogP contribution in [0.3, 0.4) is 0 Å². The van der Waals surface area contributed by atoms with Gasteiger partial charge in [-0.05, 0) is 37.3 Å². The van der Waals surface area contributed by atoms with Gasteiger partial charge in [0.25, 0.3) is 11.1 Å². The molecule has 7 nitrogen and oxygen atoms in total. The van der Waals surface area contributed by atoms with E-state index in [4.69, 9.17) is 9.15 Å². The molecule has 8 heteroatoms. The number of amides is 1. The lowest BCUT2D eigenvalue weighted by molar-refractivity contribution is -0.115. The average molecular weight is 394 g/mol. The third-order valence-corrected chi connectivity index (χ3v) is 5.16. The van der Waals surface area contributed by atoms with Crippen molar-refractivity contribution in [2.45, 2.75) is 17.4 Å². The third-order valence-electron chi connectivity index (χ3n) is 4.23. The summed E-state index contributed by atoms with van der Waals surface area (Å²) >= 11 is 1.21. The van der Waals surface area contributed by atoms with Crippen molar-refractivity contribution in [1.29, 1.82) is 0 Å². The highest BCUT2D eigenvalue weighted by Gasteiger charge is 2.20. The van der Waals surface area contributed by atoms with Crippen molar-refractivity contribution in [3.8, 4) is 17.2 Å². The van der Waals surface area contributed by atoms with Crippen LogP contribution in [-0.2, 0) is 4.79 Å². The van der Waals surface area contributed by atoms with E-state index in [0.717, 1.165) is 22.2 Å². The van der Waals surface area contributed by atoms with Gasteiger partial charge in [0, 0.05) is 22.8 Å². The van der Waals surface area contributed by atoms with Gasteiger partial charge >= 0.3 is 0 Å². The molecule has 0 fully saturated rings. The number of thioether (sulfide) groups is 1. The Bertz CT molecular complexity index is 1100. The van der Waals surface area contributed by atoms with E-state index in [1.807, 2.05) is 30.5 Å². The second kappa shape index (κ2) is 7.77. The summed E-state index contributed by atoms with van der Waals surface area (Å²) < 4.78 is 10.9. The molecule has 0 aliphatic carbocycles. The molecule has 0 aliphatic heterocycles. The Kier molecular flexibility index (Phi) is 5.03. The van der Waals surface area contributed by atoms with Crippen LogP contribution in [0.25, 0.3) is 22.4 Å². The van der Waals surface area contributed by atoms with Crippen LogP contribution in [0.15, 0.2) is 64.4 Å². The number of benzene rings is 2. The van der Waals surface area contributed by atoms with Gasteiger partial charge in [-0.15, -0.1) is 10.2 Å².